The quantitative estimate of drug-likeness (QED) is 0.659. The third-order valence-corrected chi connectivity index (χ3v) is 3.44. The Bertz CT molecular complexity index is 339. The summed E-state index contributed by atoms with van der Waals surface area (Å²) in [6.45, 7) is 0. The average molecular weight is 193 g/mol. The second kappa shape index (κ2) is 2.70. The first-order chi connectivity index (χ1) is 6.74. The Morgan fingerprint density at radius 2 is 2.36 bits per heavy atom. The van der Waals surface area contributed by atoms with Crippen molar-refractivity contribution in [2.75, 3.05) is 5.73 Å². The van der Waals surface area contributed by atoms with Gasteiger partial charge in [-0.3, -0.25) is 0 Å². The van der Waals surface area contributed by atoms with Crippen molar-refractivity contribution in [1.82, 2.24) is 20.1 Å². The lowest BCUT2D eigenvalue weighted by molar-refractivity contribution is 0.484. The highest BCUT2D eigenvalue weighted by molar-refractivity contribution is 5.20. The average Bonchev–Trinajstić information content (AvgIpc) is 2.82. The molecule has 5 heteroatoms. The van der Waals surface area contributed by atoms with E-state index in [0.717, 1.165) is 5.82 Å². The molecule has 3 N–H and O–H groups in total. The van der Waals surface area contributed by atoms with E-state index < -0.39 is 0 Å². The fourth-order valence-corrected chi connectivity index (χ4v) is 2.68. The predicted molar refractivity (Wildman–Crippen MR) is 52.7 cm³/mol. The van der Waals surface area contributed by atoms with E-state index in [0.29, 0.717) is 23.9 Å². The van der Waals surface area contributed by atoms with Crippen LogP contribution in [-0.2, 0) is 7.05 Å². The molecule has 3 heterocycles. The van der Waals surface area contributed by atoms with Crippen LogP contribution in [0.1, 0.15) is 31.0 Å². The first-order valence-corrected chi connectivity index (χ1v) is 5.16. The first kappa shape index (κ1) is 8.23. The van der Waals surface area contributed by atoms with E-state index in [2.05, 4.69) is 15.4 Å². The maximum atomic E-state index is 5.68. The highest BCUT2D eigenvalue weighted by Crippen LogP contribution is 2.38. The molecule has 3 rings (SSSR count). The molecule has 1 aromatic rings. The normalized spacial score (nSPS) is 35.4. The summed E-state index contributed by atoms with van der Waals surface area (Å²) in [4.78, 5) is 4.30. The first-order valence-electron chi connectivity index (χ1n) is 5.16. The van der Waals surface area contributed by atoms with Gasteiger partial charge in [-0.05, 0) is 19.3 Å². The SMILES string of the molecule is Cn1nc(C2CC3CCC2N3)nc1N. The van der Waals surface area contributed by atoms with Crippen LogP contribution in [0.2, 0.25) is 0 Å². The monoisotopic (exact) mass is 193 g/mol. The smallest absolute Gasteiger partial charge is 0.218 e. The standard InChI is InChI=1S/C9H15N5/c1-14-9(10)12-8(13-14)6-4-5-2-3-7(6)11-5/h5-7,11H,2-4H2,1H3,(H2,10,12,13). The fourth-order valence-electron chi connectivity index (χ4n) is 2.68. The third kappa shape index (κ3) is 1.05. The number of aromatic nitrogens is 3. The molecular weight excluding hydrogens is 178 g/mol. The van der Waals surface area contributed by atoms with Gasteiger partial charge < -0.3 is 11.1 Å². The van der Waals surface area contributed by atoms with Gasteiger partial charge >= 0.3 is 0 Å². The zero-order valence-corrected chi connectivity index (χ0v) is 8.27. The van der Waals surface area contributed by atoms with E-state index in [9.17, 15) is 0 Å². The molecule has 3 unspecified atom stereocenters. The predicted octanol–water partition coefficient (Wildman–Crippen LogP) is 0.00520. The number of nitrogens with zero attached hydrogens (tertiary/aromatic N) is 3. The second-order valence-electron chi connectivity index (χ2n) is 4.34. The van der Waals surface area contributed by atoms with Crippen LogP contribution in [0.15, 0.2) is 0 Å². The Kier molecular flexibility index (Phi) is 1.58. The molecule has 2 bridgehead atoms. The third-order valence-electron chi connectivity index (χ3n) is 3.44. The number of nitrogen functional groups attached to an aromatic ring is 1. The molecule has 0 radical (unpaired) electrons. The molecule has 0 spiro atoms. The molecule has 14 heavy (non-hydrogen) atoms. The van der Waals surface area contributed by atoms with Crippen molar-refractivity contribution in [2.24, 2.45) is 7.05 Å². The Morgan fingerprint density at radius 1 is 1.50 bits per heavy atom. The van der Waals surface area contributed by atoms with Gasteiger partial charge in [0.15, 0.2) is 5.82 Å². The number of nitrogens with one attached hydrogen (secondary N) is 1. The lowest BCUT2D eigenvalue weighted by atomic mass is 9.89. The highest BCUT2D eigenvalue weighted by Gasteiger charge is 2.41. The minimum atomic E-state index is 0.484. The van der Waals surface area contributed by atoms with Crippen molar-refractivity contribution >= 4 is 5.95 Å². The molecule has 76 valence electrons. The summed E-state index contributed by atoms with van der Waals surface area (Å²) in [5, 5.41) is 7.93. The van der Waals surface area contributed by atoms with E-state index in [1.165, 1.54) is 19.3 Å². The van der Waals surface area contributed by atoms with Crippen LogP contribution in [0.25, 0.3) is 0 Å². The Hall–Kier alpha value is -1.10. The van der Waals surface area contributed by atoms with Gasteiger partial charge in [0.25, 0.3) is 0 Å². The lowest BCUT2D eigenvalue weighted by Gasteiger charge is -2.16. The van der Waals surface area contributed by atoms with Gasteiger partial charge in [0.05, 0.1) is 0 Å². The summed E-state index contributed by atoms with van der Waals surface area (Å²) in [7, 11) is 1.84. The Labute approximate surface area is 82.7 Å². The van der Waals surface area contributed by atoms with E-state index in [-0.39, 0.29) is 0 Å². The summed E-state index contributed by atoms with van der Waals surface area (Å²) in [6, 6.07) is 1.27. The van der Waals surface area contributed by atoms with Crippen molar-refractivity contribution in [3.05, 3.63) is 5.82 Å². The maximum absolute atomic E-state index is 5.68. The fraction of sp³-hybridized carbons (Fsp3) is 0.778. The minimum Gasteiger partial charge on any atom is -0.368 e. The van der Waals surface area contributed by atoms with Gasteiger partial charge in [-0.25, -0.2) is 4.68 Å². The van der Waals surface area contributed by atoms with Gasteiger partial charge in [0, 0.05) is 25.0 Å². The molecule has 0 aliphatic carbocycles. The molecule has 0 amide bonds. The van der Waals surface area contributed by atoms with Crippen molar-refractivity contribution in [3.63, 3.8) is 0 Å². The van der Waals surface area contributed by atoms with E-state index in [4.69, 9.17) is 5.73 Å². The van der Waals surface area contributed by atoms with E-state index >= 15 is 0 Å². The largest absolute Gasteiger partial charge is 0.368 e. The number of anilines is 1. The summed E-state index contributed by atoms with van der Waals surface area (Å²) in [5.41, 5.74) is 5.68. The summed E-state index contributed by atoms with van der Waals surface area (Å²) in [5.74, 6) is 1.92. The van der Waals surface area contributed by atoms with Crippen molar-refractivity contribution in [1.29, 1.82) is 0 Å². The molecule has 3 atom stereocenters. The second-order valence-corrected chi connectivity index (χ2v) is 4.34. The zero-order chi connectivity index (χ0) is 9.71. The molecule has 2 fully saturated rings. The topological polar surface area (TPSA) is 68.8 Å². The highest BCUT2D eigenvalue weighted by atomic mass is 15.4. The number of hydrogen-bond donors (Lipinski definition) is 2. The molecule has 0 aromatic carbocycles. The van der Waals surface area contributed by atoms with Crippen LogP contribution in [0.4, 0.5) is 5.95 Å². The van der Waals surface area contributed by atoms with Crippen molar-refractivity contribution in [3.8, 4) is 0 Å². The van der Waals surface area contributed by atoms with Crippen LogP contribution < -0.4 is 11.1 Å². The summed E-state index contributed by atoms with van der Waals surface area (Å²) < 4.78 is 1.65. The number of aryl methyl sites for hydroxylation is 1. The molecule has 2 aliphatic rings. The van der Waals surface area contributed by atoms with Crippen molar-refractivity contribution < 1.29 is 0 Å². The van der Waals surface area contributed by atoms with Crippen LogP contribution in [0.3, 0.4) is 0 Å². The summed E-state index contributed by atoms with van der Waals surface area (Å²) in [6.07, 6.45) is 3.74. The van der Waals surface area contributed by atoms with Crippen molar-refractivity contribution in [2.45, 2.75) is 37.3 Å². The Morgan fingerprint density at radius 3 is 2.86 bits per heavy atom. The van der Waals surface area contributed by atoms with Gasteiger partial charge in [-0.15, -0.1) is 0 Å². The zero-order valence-electron chi connectivity index (χ0n) is 8.27. The molecule has 5 nitrogen and oxygen atoms in total. The van der Waals surface area contributed by atoms with Crippen LogP contribution >= 0.6 is 0 Å². The van der Waals surface area contributed by atoms with Crippen LogP contribution in [-0.4, -0.2) is 26.8 Å². The lowest BCUT2D eigenvalue weighted by Crippen LogP contribution is -2.22. The van der Waals surface area contributed by atoms with Gasteiger partial charge in [-0.2, -0.15) is 10.1 Å². The summed E-state index contributed by atoms with van der Waals surface area (Å²) >= 11 is 0. The van der Waals surface area contributed by atoms with Crippen LogP contribution in [0.5, 0.6) is 0 Å². The molecule has 1 aromatic heterocycles. The van der Waals surface area contributed by atoms with Crippen LogP contribution in [0, 0.1) is 0 Å². The minimum absolute atomic E-state index is 0.484. The van der Waals surface area contributed by atoms with E-state index in [1.807, 2.05) is 7.05 Å². The Balaban J connectivity index is 1.89. The molecular formula is C9H15N5. The maximum Gasteiger partial charge on any atom is 0.218 e. The number of rotatable bonds is 1. The van der Waals surface area contributed by atoms with Gasteiger partial charge in [-0.1, -0.05) is 0 Å². The number of fused-ring (bicyclic) bond motifs is 2. The molecule has 2 saturated heterocycles. The number of nitrogens with two attached hydrogens (primary N) is 1. The van der Waals surface area contributed by atoms with Gasteiger partial charge in [0.2, 0.25) is 5.95 Å². The van der Waals surface area contributed by atoms with E-state index in [1.54, 1.807) is 4.68 Å². The molecule has 2 aliphatic heterocycles. The molecule has 0 saturated carbocycles. The number of hydrogen-bond acceptors (Lipinski definition) is 4. The van der Waals surface area contributed by atoms with Gasteiger partial charge in [0.1, 0.15) is 0 Å².